The van der Waals surface area contributed by atoms with Gasteiger partial charge in [-0.1, -0.05) is 0 Å². The fourth-order valence-electron chi connectivity index (χ4n) is 2.19. The van der Waals surface area contributed by atoms with Gasteiger partial charge in [0.25, 0.3) is 0 Å². The Labute approximate surface area is 127 Å². The molecular formula is C13H18BrFN2O2S. The van der Waals surface area contributed by atoms with Crippen molar-refractivity contribution in [1.29, 1.82) is 0 Å². The van der Waals surface area contributed by atoms with Gasteiger partial charge in [-0.2, -0.15) is 4.31 Å². The van der Waals surface area contributed by atoms with Crippen LogP contribution in [0.2, 0.25) is 0 Å². The normalized spacial score (nSPS) is 21.1. The summed E-state index contributed by atoms with van der Waals surface area (Å²) >= 11 is 3.03. The van der Waals surface area contributed by atoms with E-state index < -0.39 is 15.8 Å². The lowest BCUT2D eigenvalue weighted by atomic mass is 10.0. The molecule has 0 unspecified atom stereocenters. The monoisotopic (exact) mass is 364 g/mol. The first-order chi connectivity index (χ1) is 9.14. The van der Waals surface area contributed by atoms with Gasteiger partial charge in [-0.25, -0.2) is 12.8 Å². The minimum absolute atomic E-state index is 0.00134. The molecule has 1 aromatic rings. The Hall–Kier alpha value is -0.500. The average Bonchev–Trinajstić information content (AvgIpc) is 2.35. The molecule has 112 valence electrons. The number of halogens is 2. The minimum Gasteiger partial charge on any atom is -0.299 e. The number of sulfonamides is 1. The molecule has 1 heterocycles. The third kappa shape index (κ3) is 2.90. The van der Waals surface area contributed by atoms with Crippen LogP contribution in [0, 0.1) is 5.82 Å². The van der Waals surface area contributed by atoms with Crippen LogP contribution in [-0.2, 0) is 10.0 Å². The highest BCUT2D eigenvalue weighted by molar-refractivity contribution is 9.10. The number of hydrogen-bond donors (Lipinski definition) is 0. The molecule has 2 rings (SSSR count). The summed E-state index contributed by atoms with van der Waals surface area (Å²) in [5, 5.41) is 0. The standard InChI is InChI=1S/C13H18BrFN2O2S/c1-13(2)9-17(7-6-16(13)3)20(18,19)10-4-5-11(14)12(15)8-10/h4-5,8H,6-7,9H2,1-3H3. The van der Waals surface area contributed by atoms with Crippen LogP contribution in [0.4, 0.5) is 4.39 Å². The lowest BCUT2D eigenvalue weighted by Gasteiger charge is -2.44. The second-order valence-electron chi connectivity index (χ2n) is 5.65. The molecule has 1 aromatic carbocycles. The molecule has 0 aliphatic carbocycles. The van der Waals surface area contributed by atoms with Crippen molar-refractivity contribution in [3.05, 3.63) is 28.5 Å². The van der Waals surface area contributed by atoms with E-state index in [1.54, 1.807) is 0 Å². The van der Waals surface area contributed by atoms with Crippen molar-refractivity contribution in [2.45, 2.75) is 24.3 Å². The van der Waals surface area contributed by atoms with Gasteiger partial charge in [0.2, 0.25) is 10.0 Å². The molecule has 20 heavy (non-hydrogen) atoms. The molecule has 0 saturated carbocycles. The van der Waals surface area contributed by atoms with Crippen LogP contribution in [0.5, 0.6) is 0 Å². The Morgan fingerprint density at radius 1 is 1.30 bits per heavy atom. The van der Waals surface area contributed by atoms with Crippen LogP contribution in [-0.4, -0.2) is 49.8 Å². The molecular weight excluding hydrogens is 347 g/mol. The Kier molecular flexibility index (Phi) is 4.26. The molecule has 0 bridgehead atoms. The highest BCUT2D eigenvalue weighted by Crippen LogP contribution is 2.26. The topological polar surface area (TPSA) is 40.6 Å². The van der Waals surface area contributed by atoms with Gasteiger partial charge < -0.3 is 0 Å². The number of likely N-dealkylation sites (N-methyl/N-ethyl adjacent to an activating group) is 1. The van der Waals surface area contributed by atoms with Crippen molar-refractivity contribution in [2.75, 3.05) is 26.7 Å². The maximum absolute atomic E-state index is 13.6. The van der Waals surface area contributed by atoms with Gasteiger partial charge in [-0.3, -0.25) is 4.90 Å². The van der Waals surface area contributed by atoms with Crippen molar-refractivity contribution < 1.29 is 12.8 Å². The van der Waals surface area contributed by atoms with Crippen molar-refractivity contribution in [3.63, 3.8) is 0 Å². The number of piperazine rings is 1. The molecule has 1 saturated heterocycles. The zero-order valence-corrected chi connectivity index (χ0v) is 14.1. The first-order valence-electron chi connectivity index (χ1n) is 6.31. The summed E-state index contributed by atoms with van der Waals surface area (Å²) in [5.41, 5.74) is -0.237. The first-order valence-corrected chi connectivity index (χ1v) is 8.54. The lowest BCUT2D eigenvalue weighted by Crippen LogP contribution is -2.58. The molecule has 0 aromatic heterocycles. The van der Waals surface area contributed by atoms with Crippen molar-refractivity contribution in [3.8, 4) is 0 Å². The summed E-state index contributed by atoms with van der Waals surface area (Å²) in [7, 11) is -1.67. The van der Waals surface area contributed by atoms with E-state index in [0.717, 1.165) is 6.07 Å². The molecule has 0 radical (unpaired) electrons. The molecule has 1 aliphatic rings. The van der Waals surface area contributed by atoms with E-state index in [9.17, 15) is 12.8 Å². The molecule has 0 N–H and O–H groups in total. The predicted molar refractivity (Wildman–Crippen MR) is 79.6 cm³/mol. The Morgan fingerprint density at radius 3 is 2.50 bits per heavy atom. The van der Waals surface area contributed by atoms with E-state index in [0.29, 0.717) is 19.6 Å². The van der Waals surface area contributed by atoms with Crippen LogP contribution >= 0.6 is 15.9 Å². The second-order valence-corrected chi connectivity index (χ2v) is 8.44. The van der Waals surface area contributed by atoms with E-state index in [1.807, 2.05) is 20.9 Å². The number of hydrogen-bond acceptors (Lipinski definition) is 3. The molecule has 0 atom stereocenters. The van der Waals surface area contributed by atoms with Crippen molar-refractivity contribution in [1.82, 2.24) is 9.21 Å². The van der Waals surface area contributed by atoms with Crippen molar-refractivity contribution in [2.24, 2.45) is 0 Å². The maximum Gasteiger partial charge on any atom is 0.243 e. The summed E-state index contributed by atoms with van der Waals surface area (Å²) in [5.74, 6) is -0.570. The van der Waals surface area contributed by atoms with E-state index >= 15 is 0 Å². The Balaban J connectivity index is 2.33. The van der Waals surface area contributed by atoms with Gasteiger partial charge in [-0.05, 0) is 55.0 Å². The average molecular weight is 365 g/mol. The largest absolute Gasteiger partial charge is 0.299 e. The third-order valence-corrected chi connectivity index (χ3v) is 6.29. The fourth-order valence-corrected chi connectivity index (χ4v) is 4.03. The second kappa shape index (κ2) is 5.36. The number of nitrogens with zero attached hydrogens (tertiary/aromatic N) is 2. The fraction of sp³-hybridized carbons (Fsp3) is 0.538. The Bertz CT molecular complexity index is 619. The van der Waals surface area contributed by atoms with E-state index in [4.69, 9.17) is 0 Å². The van der Waals surface area contributed by atoms with Crippen LogP contribution in [0.25, 0.3) is 0 Å². The summed E-state index contributed by atoms with van der Waals surface area (Å²) < 4.78 is 40.4. The number of benzene rings is 1. The van der Waals surface area contributed by atoms with Gasteiger partial charge in [0, 0.05) is 25.2 Å². The SMILES string of the molecule is CN1CCN(S(=O)(=O)c2ccc(Br)c(F)c2)CC1(C)C. The van der Waals surface area contributed by atoms with Crippen LogP contribution < -0.4 is 0 Å². The van der Waals surface area contributed by atoms with Crippen molar-refractivity contribution >= 4 is 26.0 Å². The van der Waals surface area contributed by atoms with Gasteiger partial charge >= 0.3 is 0 Å². The van der Waals surface area contributed by atoms with Gasteiger partial charge in [0.05, 0.1) is 9.37 Å². The first kappa shape index (κ1) is 15.9. The minimum atomic E-state index is -3.65. The molecule has 4 nitrogen and oxygen atoms in total. The number of rotatable bonds is 2. The summed E-state index contributed by atoms with van der Waals surface area (Å²) in [4.78, 5) is 2.12. The summed E-state index contributed by atoms with van der Waals surface area (Å²) in [6.07, 6.45) is 0. The zero-order chi connectivity index (χ0) is 15.1. The van der Waals surface area contributed by atoms with Crippen LogP contribution in [0.15, 0.2) is 27.6 Å². The molecule has 1 aliphatic heterocycles. The van der Waals surface area contributed by atoms with Crippen LogP contribution in [0.3, 0.4) is 0 Å². The maximum atomic E-state index is 13.6. The lowest BCUT2D eigenvalue weighted by molar-refractivity contribution is 0.0801. The third-order valence-electron chi connectivity index (χ3n) is 3.81. The van der Waals surface area contributed by atoms with E-state index in [2.05, 4.69) is 20.8 Å². The predicted octanol–water partition coefficient (Wildman–Crippen LogP) is 2.30. The van der Waals surface area contributed by atoms with Gasteiger partial charge in [0.1, 0.15) is 5.82 Å². The highest BCUT2D eigenvalue weighted by Gasteiger charge is 2.37. The van der Waals surface area contributed by atoms with Crippen LogP contribution in [0.1, 0.15) is 13.8 Å². The molecule has 0 amide bonds. The highest BCUT2D eigenvalue weighted by atomic mass is 79.9. The molecule has 7 heteroatoms. The van der Waals surface area contributed by atoms with E-state index in [-0.39, 0.29) is 14.9 Å². The summed E-state index contributed by atoms with van der Waals surface area (Å²) in [6.45, 7) is 5.46. The molecule has 1 fully saturated rings. The smallest absolute Gasteiger partial charge is 0.243 e. The quantitative estimate of drug-likeness (QED) is 0.808. The molecule has 0 spiro atoms. The van der Waals surface area contributed by atoms with Gasteiger partial charge in [-0.15, -0.1) is 0 Å². The summed E-state index contributed by atoms with van der Waals surface area (Å²) in [6, 6.07) is 3.90. The van der Waals surface area contributed by atoms with E-state index in [1.165, 1.54) is 16.4 Å². The zero-order valence-electron chi connectivity index (χ0n) is 11.7. The Morgan fingerprint density at radius 2 is 1.95 bits per heavy atom. The van der Waals surface area contributed by atoms with Gasteiger partial charge in [0.15, 0.2) is 0 Å².